The van der Waals surface area contributed by atoms with Crippen molar-refractivity contribution in [3.05, 3.63) is 46.2 Å². The van der Waals surface area contributed by atoms with Crippen LogP contribution in [0, 0.1) is 0 Å². The summed E-state index contributed by atoms with van der Waals surface area (Å²) in [6, 6.07) is 5.87. The fourth-order valence-electron chi connectivity index (χ4n) is 1.93. The Labute approximate surface area is 159 Å². The van der Waals surface area contributed by atoms with Gasteiger partial charge in [-0.05, 0) is 25.5 Å². The Morgan fingerprint density at radius 2 is 2.09 bits per heavy atom. The number of rotatable bonds is 7. The minimum atomic E-state index is 0. The van der Waals surface area contributed by atoms with Gasteiger partial charge in [-0.3, -0.25) is 4.98 Å². The number of guanidine groups is 1. The number of nitrogens with one attached hydrogen (secondary N) is 2. The number of hydrogen-bond donors (Lipinski definition) is 2. The van der Waals surface area contributed by atoms with Crippen molar-refractivity contribution in [2.75, 3.05) is 13.1 Å². The van der Waals surface area contributed by atoms with Crippen LogP contribution in [0.2, 0.25) is 0 Å². The standard InChI is InChI=1S/C16H23N5S.HI/c1-3-15-21-14(12-22-15)8-10-19-16(17-4-2)20-11-13-7-5-6-9-18-13;/h5-7,9,12H,3-4,8,10-11H2,1-2H3,(H2,17,19,20);1H. The van der Waals surface area contributed by atoms with E-state index in [1.807, 2.05) is 18.2 Å². The van der Waals surface area contributed by atoms with Crippen molar-refractivity contribution in [1.29, 1.82) is 0 Å². The lowest BCUT2D eigenvalue weighted by Crippen LogP contribution is -2.38. The smallest absolute Gasteiger partial charge is 0.191 e. The van der Waals surface area contributed by atoms with Crippen LogP contribution in [0.1, 0.15) is 30.2 Å². The SMILES string of the molecule is CCNC(=NCc1ccccn1)NCCc1csc(CC)n1.I. The molecule has 0 saturated carbocycles. The van der Waals surface area contributed by atoms with Gasteiger partial charge in [-0.1, -0.05) is 13.0 Å². The Hall–Kier alpha value is -1.22. The summed E-state index contributed by atoms with van der Waals surface area (Å²) in [6.07, 6.45) is 3.70. The largest absolute Gasteiger partial charge is 0.357 e. The van der Waals surface area contributed by atoms with Gasteiger partial charge in [0.05, 0.1) is 22.9 Å². The Morgan fingerprint density at radius 1 is 1.22 bits per heavy atom. The van der Waals surface area contributed by atoms with Crippen LogP contribution < -0.4 is 10.6 Å². The van der Waals surface area contributed by atoms with E-state index < -0.39 is 0 Å². The van der Waals surface area contributed by atoms with E-state index in [-0.39, 0.29) is 24.0 Å². The molecule has 23 heavy (non-hydrogen) atoms. The molecule has 0 bridgehead atoms. The molecule has 0 aliphatic carbocycles. The molecule has 0 spiro atoms. The van der Waals surface area contributed by atoms with Crippen LogP contribution in [0.5, 0.6) is 0 Å². The van der Waals surface area contributed by atoms with Gasteiger partial charge in [-0.15, -0.1) is 35.3 Å². The van der Waals surface area contributed by atoms with Crippen molar-refractivity contribution in [2.45, 2.75) is 33.2 Å². The molecule has 0 aliphatic rings. The second-order valence-electron chi connectivity index (χ2n) is 4.78. The summed E-state index contributed by atoms with van der Waals surface area (Å²) >= 11 is 1.73. The molecule has 2 aromatic rings. The van der Waals surface area contributed by atoms with E-state index in [9.17, 15) is 0 Å². The molecule has 0 atom stereocenters. The molecule has 7 heteroatoms. The molecular weight excluding hydrogens is 421 g/mol. The number of hydrogen-bond acceptors (Lipinski definition) is 4. The summed E-state index contributed by atoms with van der Waals surface area (Å²) in [5, 5.41) is 9.93. The minimum absolute atomic E-state index is 0. The fourth-order valence-corrected chi connectivity index (χ4v) is 2.71. The summed E-state index contributed by atoms with van der Waals surface area (Å²) in [6.45, 7) is 6.43. The monoisotopic (exact) mass is 445 g/mol. The van der Waals surface area contributed by atoms with Crippen LogP contribution in [0.25, 0.3) is 0 Å². The highest BCUT2D eigenvalue weighted by Gasteiger charge is 2.02. The molecule has 0 radical (unpaired) electrons. The molecule has 0 aromatic carbocycles. The van der Waals surface area contributed by atoms with Crippen molar-refractivity contribution in [2.24, 2.45) is 4.99 Å². The first-order valence-electron chi connectivity index (χ1n) is 7.67. The average Bonchev–Trinajstić information content (AvgIpc) is 3.01. The van der Waals surface area contributed by atoms with Crippen LogP contribution in [-0.4, -0.2) is 29.0 Å². The van der Waals surface area contributed by atoms with E-state index in [0.717, 1.165) is 43.3 Å². The van der Waals surface area contributed by atoms with Gasteiger partial charge >= 0.3 is 0 Å². The molecule has 2 rings (SSSR count). The highest BCUT2D eigenvalue weighted by Crippen LogP contribution is 2.10. The molecule has 0 aliphatic heterocycles. The Kier molecular flexibility index (Phi) is 9.77. The van der Waals surface area contributed by atoms with Gasteiger partial charge in [0.25, 0.3) is 0 Å². The van der Waals surface area contributed by atoms with Gasteiger partial charge in [-0.25, -0.2) is 9.98 Å². The lowest BCUT2D eigenvalue weighted by molar-refractivity contribution is 0.786. The number of pyridine rings is 1. The molecule has 0 unspecified atom stereocenters. The van der Waals surface area contributed by atoms with Crippen LogP contribution in [0.3, 0.4) is 0 Å². The predicted octanol–water partition coefficient (Wildman–Crippen LogP) is 3.02. The van der Waals surface area contributed by atoms with E-state index in [2.05, 4.69) is 44.8 Å². The van der Waals surface area contributed by atoms with E-state index in [0.29, 0.717) is 6.54 Å². The zero-order valence-corrected chi connectivity index (χ0v) is 16.7. The maximum atomic E-state index is 4.57. The second-order valence-corrected chi connectivity index (χ2v) is 5.72. The van der Waals surface area contributed by atoms with Gasteiger partial charge in [0.1, 0.15) is 0 Å². The van der Waals surface area contributed by atoms with Gasteiger partial charge < -0.3 is 10.6 Å². The first kappa shape index (κ1) is 19.8. The normalized spacial score (nSPS) is 11.0. The van der Waals surface area contributed by atoms with Crippen molar-refractivity contribution >= 4 is 41.3 Å². The molecule has 2 N–H and O–H groups in total. The zero-order valence-electron chi connectivity index (χ0n) is 13.6. The van der Waals surface area contributed by atoms with Crippen molar-refractivity contribution in [3.63, 3.8) is 0 Å². The first-order chi connectivity index (χ1) is 10.8. The molecule has 2 aromatic heterocycles. The van der Waals surface area contributed by atoms with E-state index >= 15 is 0 Å². The Morgan fingerprint density at radius 3 is 2.74 bits per heavy atom. The maximum absolute atomic E-state index is 4.57. The van der Waals surface area contributed by atoms with Gasteiger partial charge in [-0.2, -0.15) is 0 Å². The lowest BCUT2D eigenvalue weighted by Gasteiger charge is -2.10. The summed E-state index contributed by atoms with van der Waals surface area (Å²) < 4.78 is 0. The number of halogens is 1. The average molecular weight is 445 g/mol. The van der Waals surface area contributed by atoms with E-state index in [4.69, 9.17) is 0 Å². The number of aryl methyl sites for hydroxylation is 1. The second kappa shape index (κ2) is 11.3. The molecule has 5 nitrogen and oxygen atoms in total. The molecule has 126 valence electrons. The third kappa shape index (κ3) is 7.26. The Bertz CT molecular complexity index is 585. The maximum Gasteiger partial charge on any atom is 0.191 e. The van der Waals surface area contributed by atoms with Crippen LogP contribution in [0.4, 0.5) is 0 Å². The highest BCUT2D eigenvalue weighted by molar-refractivity contribution is 14.0. The van der Waals surface area contributed by atoms with Gasteiger partial charge in [0, 0.05) is 31.1 Å². The quantitative estimate of drug-likeness (QED) is 0.391. The molecule has 0 amide bonds. The van der Waals surface area contributed by atoms with Gasteiger partial charge in [0.15, 0.2) is 5.96 Å². The number of aromatic nitrogens is 2. The molecule has 2 heterocycles. The third-order valence-electron chi connectivity index (χ3n) is 3.04. The summed E-state index contributed by atoms with van der Waals surface area (Å²) in [7, 11) is 0. The topological polar surface area (TPSA) is 62.2 Å². The van der Waals surface area contributed by atoms with Gasteiger partial charge in [0.2, 0.25) is 0 Å². The first-order valence-corrected chi connectivity index (χ1v) is 8.55. The lowest BCUT2D eigenvalue weighted by atomic mass is 10.3. The number of nitrogens with zero attached hydrogens (tertiary/aromatic N) is 3. The Balaban J connectivity index is 0.00000264. The van der Waals surface area contributed by atoms with Crippen LogP contribution >= 0.6 is 35.3 Å². The third-order valence-corrected chi connectivity index (χ3v) is 4.09. The van der Waals surface area contributed by atoms with E-state index in [1.165, 1.54) is 5.01 Å². The fraction of sp³-hybridized carbons (Fsp3) is 0.438. The predicted molar refractivity (Wildman–Crippen MR) is 108 cm³/mol. The van der Waals surface area contributed by atoms with E-state index in [1.54, 1.807) is 17.5 Å². The summed E-state index contributed by atoms with van der Waals surface area (Å²) in [5.74, 6) is 0.819. The van der Waals surface area contributed by atoms with Crippen molar-refractivity contribution in [3.8, 4) is 0 Å². The number of thiazole rings is 1. The van der Waals surface area contributed by atoms with Crippen LogP contribution in [0.15, 0.2) is 34.8 Å². The molecule has 0 fully saturated rings. The van der Waals surface area contributed by atoms with Crippen molar-refractivity contribution < 1.29 is 0 Å². The van der Waals surface area contributed by atoms with Crippen LogP contribution in [-0.2, 0) is 19.4 Å². The summed E-state index contributed by atoms with van der Waals surface area (Å²) in [4.78, 5) is 13.4. The van der Waals surface area contributed by atoms with Crippen molar-refractivity contribution in [1.82, 2.24) is 20.6 Å². The highest BCUT2D eigenvalue weighted by atomic mass is 127. The minimum Gasteiger partial charge on any atom is -0.357 e. The number of aliphatic imine (C=N–C) groups is 1. The molecule has 0 saturated heterocycles. The molecular formula is C16H24IN5S. The zero-order chi connectivity index (χ0) is 15.6. The summed E-state index contributed by atoms with van der Waals surface area (Å²) in [5.41, 5.74) is 2.11.